The van der Waals surface area contributed by atoms with E-state index in [4.69, 9.17) is 4.74 Å². The SMILES string of the molecule is CCCCCCCCOc1ccccc1[O-].[Na+]. The van der Waals surface area contributed by atoms with Crippen LogP contribution in [-0.2, 0) is 0 Å². The monoisotopic (exact) mass is 244 g/mol. The summed E-state index contributed by atoms with van der Waals surface area (Å²) >= 11 is 0. The second-order valence-electron chi connectivity index (χ2n) is 4.06. The first-order chi connectivity index (χ1) is 7.84. The molecule has 0 spiro atoms. The molecule has 0 aliphatic heterocycles. The van der Waals surface area contributed by atoms with Crippen LogP contribution in [0.1, 0.15) is 45.4 Å². The van der Waals surface area contributed by atoms with Crippen LogP contribution in [0.3, 0.4) is 0 Å². The molecule has 1 rings (SSSR count). The van der Waals surface area contributed by atoms with Crippen LogP contribution in [0.2, 0.25) is 0 Å². The molecule has 90 valence electrons. The molecule has 0 radical (unpaired) electrons. The van der Waals surface area contributed by atoms with E-state index in [0.717, 1.165) is 6.42 Å². The van der Waals surface area contributed by atoms with Crippen molar-refractivity contribution in [2.24, 2.45) is 0 Å². The van der Waals surface area contributed by atoms with Crippen LogP contribution in [-0.4, -0.2) is 6.61 Å². The van der Waals surface area contributed by atoms with Crippen LogP contribution in [0.4, 0.5) is 0 Å². The Morgan fingerprint density at radius 2 is 1.65 bits per heavy atom. The van der Waals surface area contributed by atoms with Gasteiger partial charge in [-0.25, -0.2) is 0 Å². The van der Waals surface area contributed by atoms with Crippen molar-refractivity contribution in [3.8, 4) is 11.5 Å². The Labute approximate surface area is 127 Å². The predicted molar refractivity (Wildman–Crippen MR) is 64.8 cm³/mol. The van der Waals surface area contributed by atoms with Crippen molar-refractivity contribution in [2.45, 2.75) is 45.4 Å². The zero-order valence-electron chi connectivity index (χ0n) is 11.1. The molecule has 3 heteroatoms. The minimum atomic E-state index is -0.0199. The van der Waals surface area contributed by atoms with E-state index >= 15 is 0 Å². The standard InChI is InChI=1S/C14H22O2.Na/c1-2-3-4-5-6-9-12-16-14-11-8-7-10-13(14)15;/h7-8,10-11,15H,2-6,9,12H2,1H3;/q;+1/p-1. The molecule has 0 aliphatic carbocycles. The molecule has 17 heavy (non-hydrogen) atoms. The molecular formula is C14H21NaO2. The van der Waals surface area contributed by atoms with Crippen LogP contribution in [0.5, 0.6) is 11.5 Å². The molecule has 0 N–H and O–H groups in total. The van der Waals surface area contributed by atoms with E-state index in [9.17, 15) is 5.11 Å². The van der Waals surface area contributed by atoms with Crippen molar-refractivity contribution in [2.75, 3.05) is 6.61 Å². The van der Waals surface area contributed by atoms with Gasteiger partial charge in [0.05, 0.1) is 6.61 Å². The van der Waals surface area contributed by atoms with Gasteiger partial charge < -0.3 is 9.84 Å². The third-order valence-corrected chi connectivity index (χ3v) is 2.60. The molecule has 0 heterocycles. The van der Waals surface area contributed by atoms with E-state index in [0.29, 0.717) is 12.4 Å². The van der Waals surface area contributed by atoms with E-state index in [-0.39, 0.29) is 35.3 Å². The van der Waals surface area contributed by atoms with Gasteiger partial charge in [-0.05, 0) is 12.5 Å². The van der Waals surface area contributed by atoms with Crippen molar-refractivity contribution in [1.29, 1.82) is 0 Å². The first kappa shape index (κ1) is 16.8. The van der Waals surface area contributed by atoms with Gasteiger partial charge in [-0.3, -0.25) is 0 Å². The quantitative estimate of drug-likeness (QED) is 0.493. The van der Waals surface area contributed by atoms with Crippen LogP contribution < -0.4 is 39.4 Å². The molecule has 1 aromatic carbocycles. The minimum absolute atomic E-state index is 0. The number of ether oxygens (including phenoxy) is 1. The molecule has 1 aromatic rings. The summed E-state index contributed by atoms with van der Waals surface area (Å²) in [5, 5.41) is 11.3. The number of rotatable bonds is 8. The van der Waals surface area contributed by atoms with Gasteiger partial charge in [0.15, 0.2) is 0 Å². The molecule has 0 saturated heterocycles. The average Bonchev–Trinajstić information content (AvgIpc) is 2.30. The van der Waals surface area contributed by atoms with Gasteiger partial charge in [0.1, 0.15) is 5.75 Å². The summed E-state index contributed by atoms with van der Waals surface area (Å²) < 4.78 is 5.43. The van der Waals surface area contributed by atoms with Gasteiger partial charge in [0.2, 0.25) is 0 Å². The second kappa shape index (κ2) is 10.9. The summed E-state index contributed by atoms with van der Waals surface area (Å²) in [6.45, 7) is 2.87. The average molecular weight is 244 g/mol. The smallest absolute Gasteiger partial charge is 0.870 e. The molecule has 0 aliphatic rings. The molecule has 2 nitrogen and oxygen atoms in total. The Morgan fingerprint density at radius 3 is 2.35 bits per heavy atom. The van der Waals surface area contributed by atoms with Crippen molar-refractivity contribution in [3.05, 3.63) is 24.3 Å². The zero-order valence-corrected chi connectivity index (χ0v) is 13.1. The fourth-order valence-corrected chi connectivity index (χ4v) is 1.63. The molecule has 0 aromatic heterocycles. The van der Waals surface area contributed by atoms with Crippen molar-refractivity contribution in [1.82, 2.24) is 0 Å². The third-order valence-electron chi connectivity index (χ3n) is 2.60. The maximum atomic E-state index is 11.3. The van der Waals surface area contributed by atoms with Crippen molar-refractivity contribution >= 4 is 0 Å². The summed E-state index contributed by atoms with van der Waals surface area (Å²) in [6.07, 6.45) is 7.42. The van der Waals surface area contributed by atoms with Gasteiger partial charge in [-0.15, -0.1) is 0 Å². The third kappa shape index (κ3) is 7.69. The van der Waals surface area contributed by atoms with Gasteiger partial charge in [-0.2, -0.15) is 0 Å². The molecule has 0 bridgehead atoms. The van der Waals surface area contributed by atoms with Gasteiger partial charge in [-0.1, -0.05) is 63.0 Å². The van der Waals surface area contributed by atoms with E-state index < -0.39 is 0 Å². The number of hydrogen-bond acceptors (Lipinski definition) is 2. The summed E-state index contributed by atoms with van der Waals surface area (Å²) in [5.74, 6) is 0.463. The predicted octanol–water partition coefficient (Wildman–Crippen LogP) is 0.503. The summed E-state index contributed by atoms with van der Waals surface area (Å²) in [7, 11) is 0. The first-order valence-corrected chi connectivity index (χ1v) is 6.23. The van der Waals surface area contributed by atoms with E-state index in [1.807, 2.05) is 6.07 Å². The van der Waals surface area contributed by atoms with E-state index in [1.54, 1.807) is 12.1 Å². The van der Waals surface area contributed by atoms with Crippen molar-refractivity contribution < 1.29 is 39.4 Å². The molecule has 0 amide bonds. The van der Waals surface area contributed by atoms with E-state index in [2.05, 4.69) is 6.92 Å². The molecule has 0 atom stereocenters. The van der Waals surface area contributed by atoms with Crippen LogP contribution in [0.25, 0.3) is 0 Å². The first-order valence-electron chi connectivity index (χ1n) is 6.23. The van der Waals surface area contributed by atoms with Gasteiger partial charge in [0.25, 0.3) is 0 Å². The fraction of sp³-hybridized carbons (Fsp3) is 0.571. The zero-order chi connectivity index (χ0) is 11.6. The summed E-state index contributed by atoms with van der Waals surface area (Å²) in [4.78, 5) is 0. The number of hydrogen-bond donors (Lipinski definition) is 0. The Bertz CT molecular complexity index is 289. The van der Waals surface area contributed by atoms with Crippen LogP contribution in [0.15, 0.2) is 24.3 Å². The van der Waals surface area contributed by atoms with Crippen LogP contribution >= 0.6 is 0 Å². The van der Waals surface area contributed by atoms with Crippen molar-refractivity contribution in [3.63, 3.8) is 0 Å². The topological polar surface area (TPSA) is 32.3 Å². The normalized spacial score (nSPS) is 9.71. The Hall–Kier alpha value is -0.180. The molecular weight excluding hydrogens is 223 g/mol. The maximum absolute atomic E-state index is 11.3. The minimum Gasteiger partial charge on any atom is -0.870 e. The largest absolute Gasteiger partial charge is 1.00 e. The second-order valence-corrected chi connectivity index (χ2v) is 4.06. The number of para-hydroxylation sites is 2. The molecule has 0 fully saturated rings. The Balaban J connectivity index is 0.00000256. The van der Waals surface area contributed by atoms with Crippen LogP contribution in [0, 0.1) is 0 Å². The summed E-state index contributed by atoms with van der Waals surface area (Å²) in [5.41, 5.74) is 0. The van der Waals surface area contributed by atoms with Gasteiger partial charge in [0, 0.05) is 0 Å². The Kier molecular flexibility index (Phi) is 10.8. The Morgan fingerprint density at radius 1 is 1.00 bits per heavy atom. The summed E-state index contributed by atoms with van der Waals surface area (Å²) in [6, 6.07) is 6.84. The molecule has 0 saturated carbocycles. The van der Waals surface area contributed by atoms with Gasteiger partial charge >= 0.3 is 29.6 Å². The number of unbranched alkanes of at least 4 members (excludes halogenated alkanes) is 5. The van der Waals surface area contributed by atoms with E-state index in [1.165, 1.54) is 38.2 Å². The fourth-order valence-electron chi connectivity index (χ4n) is 1.63. The maximum Gasteiger partial charge on any atom is 1.00 e. The molecule has 0 unspecified atom stereocenters. The number of benzene rings is 1.